The van der Waals surface area contributed by atoms with Gasteiger partial charge in [0.2, 0.25) is 0 Å². The molecule has 3 N–H and O–H groups in total. The van der Waals surface area contributed by atoms with E-state index in [9.17, 15) is 19.8 Å². The molecule has 0 aliphatic carbocycles. The summed E-state index contributed by atoms with van der Waals surface area (Å²) < 4.78 is 5.15. The van der Waals surface area contributed by atoms with E-state index in [1.54, 1.807) is 6.92 Å². The number of aliphatic carboxylic acids is 1. The van der Waals surface area contributed by atoms with E-state index in [4.69, 9.17) is 9.84 Å². The Morgan fingerprint density at radius 2 is 1.06 bits per heavy atom. The molecule has 0 bridgehead atoms. The molecule has 0 aliphatic heterocycles. The molecule has 0 atom stereocenters. The van der Waals surface area contributed by atoms with Crippen LogP contribution in [0.3, 0.4) is 0 Å². The van der Waals surface area contributed by atoms with Crippen molar-refractivity contribution in [2.75, 3.05) is 19.8 Å². The second-order valence-corrected chi connectivity index (χ2v) is 9.68. The highest BCUT2D eigenvalue weighted by molar-refractivity contribution is 5.69. The molecule has 6 heteroatoms. The third kappa shape index (κ3) is 22.2. The molecular weight excluding hydrogens is 420 g/mol. The molecule has 0 saturated carbocycles. The Bertz CT molecular complexity index is 499. The van der Waals surface area contributed by atoms with E-state index in [1.165, 1.54) is 57.8 Å². The number of carboxylic acids is 1. The van der Waals surface area contributed by atoms with Crippen LogP contribution in [0.1, 0.15) is 122 Å². The van der Waals surface area contributed by atoms with Gasteiger partial charge in [-0.2, -0.15) is 0 Å². The van der Waals surface area contributed by atoms with Crippen LogP contribution in [-0.2, 0) is 14.3 Å². The van der Waals surface area contributed by atoms with E-state index in [0.29, 0.717) is 12.8 Å². The lowest BCUT2D eigenvalue weighted by Crippen LogP contribution is -2.32. The van der Waals surface area contributed by atoms with Crippen molar-refractivity contribution >= 4 is 11.9 Å². The smallest absolute Gasteiger partial charge is 0.305 e. The van der Waals surface area contributed by atoms with Crippen LogP contribution in [0.25, 0.3) is 0 Å². The minimum absolute atomic E-state index is 0.0604. The molecule has 0 aromatic rings. The first-order valence-corrected chi connectivity index (χ1v) is 13.2. The molecule has 0 amide bonds. The fraction of sp³-hybridized carbons (Fsp3) is 0.852. The average molecular weight is 471 g/mol. The van der Waals surface area contributed by atoms with E-state index in [1.807, 2.05) is 0 Å². The molecule has 0 aromatic carbocycles. The number of aliphatic hydroxyl groups is 2. The maximum absolute atomic E-state index is 11.7. The van der Waals surface area contributed by atoms with E-state index in [2.05, 4.69) is 12.2 Å². The summed E-state index contributed by atoms with van der Waals surface area (Å²) in [5, 5.41) is 27.0. The Kier molecular flexibility index (Phi) is 21.4. The van der Waals surface area contributed by atoms with Crippen LogP contribution >= 0.6 is 0 Å². The lowest BCUT2D eigenvalue weighted by Gasteiger charge is -2.23. The Hall–Kier alpha value is -1.40. The molecule has 194 valence electrons. The van der Waals surface area contributed by atoms with Crippen LogP contribution in [0.5, 0.6) is 0 Å². The summed E-state index contributed by atoms with van der Waals surface area (Å²) in [6.07, 6.45) is 23.7. The second-order valence-electron chi connectivity index (χ2n) is 9.68. The maximum Gasteiger partial charge on any atom is 0.305 e. The van der Waals surface area contributed by atoms with E-state index in [0.717, 1.165) is 44.9 Å². The van der Waals surface area contributed by atoms with Crippen LogP contribution < -0.4 is 0 Å². The molecule has 33 heavy (non-hydrogen) atoms. The van der Waals surface area contributed by atoms with Crippen molar-refractivity contribution in [3.63, 3.8) is 0 Å². The molecule has 0 saturated heterocycles. The molecule has 0 spiro atoms. The third-order valence-corrected chi connectivity index (χ3v) is 6.02. The van der Waals surface area contributed by atoms with Gasteiger partial charge in [0.25, 0.3) is 0 Å². The number of allylic oxidation sites excluding steroid dienone is 2. The van der Waals surface area contributed by atoms with Crippen LogP contribution in [0.2, 0.25) is 0 Å². The van der Waals surface area contributed by atoms with E-state index in [-0.39, 0.29) is 25.8 Å². The quantitative estimate of drug-likeness (QED) is 0.0883. The van der Waals surface area contributed by atoms with Crippen molar-refractivity contribution in [2.45, 2.75) is 122 Å². The summed E-state index contributed by atoms with van der Waals surface area (Å²) in [6.45, 7) is 1.35. The van der Waals surface area contributed by atoms with E-state index >= 15 is 0 Å². The Labute approximate surface area is 201 Å². The van der Waals surface area contributed by atoms with Gasteiger partial charge in [0.1, 0.15) is 6.61 Å². The predicted molar refractivity (Wildman–Crippen MR) is 133 cm³/mol. The molecule has 0 heterocycles. The van der Waals surface area contributed by atoms with Gasteiger partial charge in [0.15, 0.2) is 0 Å². The monoisotopic (exact) mass is 470 g/mol. The van der Waals surface area contributed by atoms with Gasteiger partial charge in [0.05, 0.1) is 13.2 Å². The van der Waals surface area contributed by atoms with Gasteiger partial charge >= 0.3 is 11.9 Å². The number of unbranched alkanes of at least 4 members (excludes halogenated alkanes) is 14. The Balaban J connectivity index is 3.31. The number of rotatable bonds is 24. The second kappa shape index (κ2) is 22.4. The summed E-state index contributed by atoms with van der Waals surface area (Å²) >= 11 is 0. The summed E-state index contributed by atoms with van der Waals surface area (Å²) in [4.78, 5) is 22.1. The predicted octanol–water partition coefficient (Wildman–Crippen LogP) is 6.18. The highest BCUT2D eigenvalue weighted by atomic mass is 16.5. The fourth-order valence-corrected chi connectivity index (χ4v) is 3.54. The van der Waals surface area contributed by atoms with Gasteiger partial charge in [-0.05, 0) is 38.5 Å². The van der Waals surface area contributed by atoms with E-state index < -0.39 is 11.4 Å². The summed E-state index contributed by atoms with van der Waals surface area (Å²) in [7, 11) is 0. The van der Waals surface area contributed by atoms with Crippen molar-refractivity contribution in [2.24, 2.45) is 5.41 Å². The highest BCUT2D eigenvalue weighted by Gasteiger charge is 2.24. The number of ether oxygens (including phenoxy) is 1. The Morgan fingerprint density at radius 1 is 0.667 bits per heavy atom. The summed E-state index contributed by atoms with van der Waals surface area (Å²) in [5.74, 6) is -0.930. The zero-order valence-electron chi connectivity index (χ0n) is 21.1. The van der Waals surface area contributed by atoms with Gasteiger partial charge in [0, 0.05) is 18.3 Å². The topological polar surface area (TPSA) is 104 Å². The number of esters is 1. The largest absolute Gasteiger partial charge is 0.481 e. The number of carbonyl (C=O) groups is 2. The molecule has 0 unspecified atom stereocenters. The minimum atomic E-state index is -0.753. The molecule has 0 aliphatic rings. The standard InChI is InChI=1S/C27H50O6/c1-27(22-28,23-29)24-33-26(32)21-19-17-15-13-11-9-7-5-3-2-4-6-8-10-12-14-16-18-20-25(30)31/h2-3,28-29H,4-24H2,1H3,(H,30,31)/b3-2-. The fourth-order valence-electron chi connectivity index (χ4n) is 3.54. The third-order valence-electron chi connectivity index (χ3n) is 6.02. The Morgan fingerprint density at radius 3 is 1.48 bits per heavy atom. The lowest BCUT2D eigenvalue weighted by molar-refractivity contribution is -0.149. The van der Waals surface area contributed by atoms with Gasteiger partial charge < -0.3 is 20.1 Å². The normalized spacial score (nSPS) is 11.8. The first-order valence-electron chi connectivity index (χ1n) is 13.2. The van der Waals surface area contributed by atoms with Crippen LogP contribution in [0.4, 0.5) is 0 Å². The van der Waals surface area contributed by atoms with Crippen molar-refractivity contribution in [1.82, 2.24) is 0 Å². The number of aliphatic hydroxyl groups excluding tert-OH is 2. The first-order chi connectivity index (χ1) is 15.9. The van der Waals surface area contributed by atoms with Gasteiger partial charge in [-0.3, -0.25) is 9.59 Å². The molecule has 0 aromatic heterocycles. The minimum Gasteiger partial charge on any atom is -0.481 e. The average Bonchev–Trinajstić information content (AvgIpc) is 2.81. The van der Waals surface area contributed by atoms with Crippen molar-refractivity contribution in [3.05, 3.63) is 12.2 Å². The molecular formula is C27H50O6. The zero-order chi connectivity index (χ0) is 24.6. The zero-order valence-corrected chi connectivity index (χ0v) is 21.1. The highest BCUT2D eigenvalue weighted by Crippen LogP contribution is 2.16. The molecule has 0 radical (unpaired) electrons. The summed E-state index contributed by atoms with van der Waals surface area (Å²) in [5.41, 5.74) is -0.753. The number of hydrogen-bond acceptors (Lipinski definition) is 5. The lowest BCUT2D eigenvalue weighted by atomic mass is 9.94. The van der Waals surface area contributed by atoms with Crippen molar-refractivity contribution in [3.8, 4) is 0 Å². The van der Waals surface area contributed by atoms with Gasteiger partial charge in [-0.25, -0.2) is 0 Å². The first kappa shape index (κ1) is 31.6. The number of carbonyl (C=O) groups excluding carboxylic acids is 1. The van der Waals surface area contributed by atoms with Gasteiger partial charge in [-0.1, -0.05) is 83.3 Å². The maximum atomic E-state index is 11.7. The van der Waals surface area contributed by atoms with Crippen LogP contribution in [0, 0.1) is 5.41 Å². The van der Waals surface area contributed by atoms with Crippen molar-refractivity contribution < 1.29 is 29.6 Å². The molecule has 0 rings (SSSR count). The molecule has 6 nitrogen and oxygen atoms in total. The SMILES string of the molecule is CC(CO)(CO)COC(=O)CCCCCCCCC/C=C\CCCCCCCCCC(=O)O. The van der Waals surface area contributed by atoms with Crippen LogP contribution in [0.15, 0.2) is 12.2 Å². The van der Waals surface area contributed by atoms with Gasteiger partial charge in [-0.15, -0.1) is 0 Å². The molecule has 0 fully saturated rings. The van der Waals surface area contributed by atoms with Crippen LogP contribution in [-0.4, -0.2) is 47.1 Å². The van der Waals surface area contributed by atoms with Crippen molar-refractivity contribution in [1.29, 1.82) is 0 Å². The number of hydrogen-bond donors (Lipinski definition) is 3. The number of carboxylic acid groups (broad SMARTS) is 1. The summed E-state index contributed by atoms with van der Waals surface area (Å²) in [6, 6.07) is 0.